The number of furan rings is 1. The number of nitrogens with zero attached hydrogens (tertiary/aromatic N) is 2. The Hall–Kier alpha value is -1.84. The molecule has 2 fully saturated rings. The van der Waals surface area contributed by atoms with E-state index in [2.05, 4.69) is 4.90 Å². The molecule has 0 N–H and O–H groups in total. The van der Waals surface area contributed by atoms with E-state index in [0.29, 0.717) is 34.6 Å². The lowest BCUT2D eigenvalue weighted by atomic mass is 10.3. The van der Waals surface area contributed by atoms with Crippen molar-refractivity contribution < 1.29 is 23.8 Å². The van der Waals surface area contributed by atoms with Gasteiger partial charge in [-0.05, 0) is 18.9 Å². The van der Waals surface area contributed by atoms with Crippen LogP contribution in [0.1, 0.15) is 18.6 Å². The van der Waals surface area contributed by atoms with Gasteiger partial charge in [0.2, 0.25) is 0 Å². The van der Waals surface area contributed by atoms with Crippen LogP contribution < -0.4 is 10.0 Å². The highest BCUT2D eigenvalue weighted by molar-refractivity contribution is 8.26. The number of carboxylic acid groups (broad SMARTS) is 1. The van der Waals surface area contributed by atoms with Crippen LogP contribution >= 0.6 is 24.0 Å². The predicted octanol–water partition coefficient (Wildman–Crippen LogP) is 0.848. The van der Waals surface area contributed by atoms with Gasteiger partial charge in [0.1, 0.15) is 10.1 Å². The van der Waals surface area contributed by atoms with Gasteiger partial charge in [-0.15, -0.1) is 0 Å². The smallest absolute Gasteiger partial charge is 0.266 e. The van der Waals surface area contributed by atoms with Crippen molar-refractivity contribution in [2.75, 3.05) is 37.7 Å². The number of anilines is 1. The van der Waals surface area contributed by atoms with Gasteiger partial charge < -0.3 is 24.0 Å². The van der Waals surface area contributed by atoms with Crippen molar-refractivity contribution in [2.24, 2.45) is 0 Å². The molecule has 0 saturated carbocycles. The first-order valence-corrected chi connectivity index (χ1v) is 9.15. The molecule has 0 spiro atoms. The van der Waals surface area contributed by atoms with Crippen molar-refractivity contribution in [3.63, 3.8) is 0 Å². The first-order chi connectivity index (χ1) is 12.0. The number of thiocarbonyl (C=S) groups is 1. The molecule has 3 rings (SSSR count). The second-order valence-electron chi connectivity index (χ2n) is 5.58. The summed E-state index contributed by atoms with van der Waals surface area (Å²) in [5.41, 5.74) is 0. The molecule has 7 nitrogen and oxygen atoms in total. The average molecular weight is 381 g/mol. The minimum Gasteiger partial charge on any atom is -0.550 e. The Labute approximate surface area is 154 Å². The normalized spacial score (nSPS) is 19.9. The molecule has 9 heteroatoms. The molecule has 2 aliphatic rings. The molecule has 134 valence electrons. The molecular formula is C16H17N2O5S2-. The minimum atomic E-state index is -1.13. The molecule has 0 aliphatic carbocycles. The van der Waals surface area contributed by atoms with Gasteiger partial charge in [-0.3, -0.25) is 9.69 Å². The fourth-order valence-corrected chi connectivity index (χ4v) is 3.87. The Bertz CT molecular complexity index is 709. The Morgan fingerprint density at radius 1 is 1.36 bits per heavy atom. The molecule has 0 radical (unpaired) electrons. The fourth-order valence-electron chi connectivity index (χ4n) is 2.58. The van der Waals surface area contributed by atoms with Gasteiger partial charge >= 0.3 is 0 Å². The maximum Gasteiger partial charge on any atom is 0.266 e. The van der Waals surface area contributed by atoms with E-state index in [-0.39, 0.29) is 18.9 Å². The van der Waals surface area contributed by atoms with Gasteiger partial charge in [-0.25, -0.2) is 0 Å². The second-order valence-corrected chi connectivity index (χ2v) is 7.26. The van der Waals surface area contributed by atoms with E-state index in [9.17, 15) is 14.7 Å². The largest absolute Gasteiger partial charge is 0.550 e. The lowest BCUT2D eigenvalue weighted by molar-refractivity contribution is -0.305. The minimum absolute atomic E-state index is 0.1000. The van der Waals surface area contributed by atoms with E-state index < -0.39 is 5.97 Å². The summed E-state index contributed by atoms with van der Waals surface area (Å²) in [6.45, 7) is 3.15. The maximum absolute atomic E-state index is 12.4. The van der Waals surface area contributed by atoms with E-state index in [1.807, 2.05) is 12.1 Å². The maximum atomic E-state index is 12.4. The number of ether oxygens (including phenoxy) is 1. The molecule has 1 aromatic heterocycles. The van der Waals surface area contributed by atoms with Crippen LogP contribution in [-0.4, -0.2) is 53.9 Å². The summed E-state index contributed by atoms with van der Waals surface area (Å²) < 4.78 is 11.5. The zero-order valence-electron chi connectivity index (χ0n) is 13.4. The standard InChI is InChI=1S/C16H18N2O5S2/c19-14(20)2-1-5-18-15(21)12(25-16(18)24)10-11-3-4-13(23-11)17-6-8-22-9-7-17/h3-4,10H,1-2,5-9H2,(H,19,20)/p-1/b12-10+. The third-order valence-electron chi connectivity index (χ3n) is 3.84. The molecule has 0 aromatic carbocycles. The van der Waals surface area contributed by atoms with Crippen LogP contribution in [0, 0.1) is 0 Å². The summed E-state index contributed by atoms with van der Waals surface area (Å²) in [4.78, 5) is 26.9. The van der Waals surface area contributed by atoms with Gasteiger partial charge in [-0.1, -0.05) is 24.0 Å². The quantitative estimate of drug-likeness (QED) is 0.530. The zero-order chi connectivity index (χ0) is 17.8. The fraction of sp³-hybridized carbons (Fsp3) is 0.438. The van der Waals surface area contributed by atoms with Crippen LogP contribution in [0.25, 0.3) is 6.08 Å². The second kappa shape index (κ2) is 8.03. The van der Waals surface area contributed by atoms with E-state index >= 15 is 0 Å². The van der Waals surface area contributed by atoms with Crippen LogP contribution in [-0.2, 0) is 14.3 Å². The van der Waals surface area contributed by atoms with Crippen LogP contribution in [0.15, 0.2) is 21.5 Å². The first kappa shape index (κ1) is 18.0. The third kappa shape index (κ3) is 4.42. The SMILES string of the molecule is O=C([O-])CCCN1C(=O)/C(=C\c2ccc(N3CCOCC3)o2)SC1=S. The highest BCUT2D eigenvalue weighted by atomic mass is 32.2. The van der Waals surface area contributed by atoms with Gasteiger partial charge in [0.15, 0.2) is 5.88 Å². The van der Waals surface area contributed by atoms with Crippen molar-refractivity contribution >= 4 is 52.1 Å². The van der Waals surface area contributed by atoms with Crippen molar-refractivity contribution in [1.29, 1.82) is 0 Å². The number of rotatable bonds is 6. The third-order valence-corrected chi connectivity index (χ3v) is 5.22. The molecular weight excluding hydrogens is 364 g/mol. The number of carbonyl (C=O) groups excluding carboxylic acids is 2. The number of carbonyl (C=O) groups is 2. The highest BCUT2D eigenvalue weighted by Gasteiger charge is 2.31. The van der Waals surface area contributed by atoms with Gasteiger partial charge in [0.25, 0.3) is 5.91 Å². The van der Waals surface area contributed by atoms with Gasteiger partial charge in [0, 0.05) is 37.7 Å². The Morgan fingerprint density at radius 3 is 2.84 bits per heavy atom. The van der Waals surface area contributed by atoms with Crippen molar-refractivity contribution in [3.8, 4) is 0 Å². The molecule has 1 amide bonds. The molecule has 3 heterocycles. The van der Waals surface area contributed by atoms with E-state index in [4.69, 9.17) is 21.4 Å². The molecule has 2 aliphatic heterocycles. The molecule has 0 bridgehead atoms. The number of hydrogen-bond donors (Lipinski definition) is 0. The van der Waals surface area contributed by atoms with E-state index in [0.717, 1.165) is 19.0 Å². The Balaban J connectivity index is 1.65. The number of morpholine rings is 1. The van der Waals surface area contributed by atoms with Gasteiger partial charge in [0.05, 0.1) is 18.1 Å². The van der Waals surface area contributed by atoms with Crippen LogP contribution in [0.4, 0.5) is 5.88 Å². The Kier molecular flexibility index (Phi) is 5.77. The summed E-state index contributed by atoms with van der Waals surface area (Å²) in [6.07, 6.45) is 1.88. The highest BCUT2D eigenvalue weighted by Crippen LogP contribution is 2.33. The number of aliphatic carboxylic acids is 1. The number of hydrogen-bond acceptors (Lipinski definition) is 8. The van der Waals surface area contributed by atoms with Crippen LogP contribution in [0.2, 0.25) is 0 Å². The van der Waals surface area contributed by atoms with Crippen molar-refractivity contribution in [3.05, 3.63) is 22.8 Å². The number of amides is 1. The molecule has 25 heavy (non-hydrogen) atoms. The summed E-state index contributed by atoms with van der Waals surface area (Å²) in [5, 5.41) is 10.5. The van der Waals surface area contributed by atoms with Crippen LogP contribution in [0.5, 0.6) is 0 Å². The summed E-state index contributed by atoms with van der Waals surface area (Å²) in [5.74, 6) is -0.0272. The lowest BCUT2D eigenvalue weighted by Gasteiger charge is -2.26. The van der Waals surface area contributed by atoms with Crippen LogP contribution in [0.3, 0.4) is 0 Å². The molecule has 2 saturated heterocycles. The monoisotopic (exact) mass is 381 g/mol. The van der Waals surface area contributed by atoms with Gasteiger partial charge in [-0.2, -0.15) is 0 Å². The number of thioether (sulfide) groups is 1. The average Bonchev–Trinajstić information content (AvgIpc) is 3.16. The zero-order valence-corrected chi connectivity index (χ0v) is 15.1. The lowest BCUT2D eigenvalue weighted by Crippen LogP contribution is -2.35. The Morgan fingerprint density at radius 2 is 2.12 bits per heavy atom. The first-order valence-electron chi connectivity index (χ1n) is 7.92. The molecule has 0 unspecified atom stereocenters. The molecule has 1 aromatic rings. The van der Waals surface area contributed by atoms with E-state index in [1.54, 1.807) is 6.08 Å². The number of carboxylic acids is 1. The topological polar surface area (TPSA) is 86.0 Å². The summed E-state index contributed by atoms with van der Waals surface area (Å²) in [7, 11) is 0. The van der Waals surface area contributed by atoms with Crippen molar-refractivity contribution in [2.45, 2.75) is 12.8 Å². The van der Waals surface area contributed by atoms with Crippen molar-refractivity contribution in [1.82, 2.24) is 4.90 Å². The molecule has 0 atom stereocenters. The predicted molar refractivity (Wildman–Crippen MR) is 95.9 cm³/mol. The van der Waals surface area contributed by atoms with E-state index in [1.165, 1.54) is 16.7 Å². The summed E-state index contributed by atoms with van der Waals surface area (Å²) >= 11 is 6.40. The summed E-state index contributed by atoms with van der Waals surface area (Å²) in [6, 6.07) is 3.69.